The lowest BCUT2D eigenvalue weighted by atomic mass is 10.00. The third kappa shape index (κ3) is 2.48. The standard InChI is InChI=1S/C14H22N2O2/c1-4-18-14(7-5-6-8-14)13-15-11(10(2)3)9-12(17)16-13/h9-10H,4-8H2,1-3H3,(H,15,16,17). The highest BCUT2D eigenvalue weighted by Gasteiger charge is 2.39. The first-order valence-electron chi connectivity index (χ1n) is 6.83. The van der Waals surface area contributed by atoms with Crippen LogP contribution in [0.15, 0.2) is 10.9 Å². The maximum Gasteiger partial charge on any atom is 0.251 e. The number of H-pyrrole nitrogens is 1. The van der Waals surface area contributed by atoms with E-state index >= 15 is 0 Å². The third-order valence-corrected chi connectivity index (χ3v) is 3.62. The molecule has 0 atom stereocenters. The second-order valence-electron chi connectivity index (χ2n) is 5.31. The van der Waals surface area contributed by atoms with Gasteiger partial charge in [0, 0.05) is 12.7 Å². The van der Waals surface area contributed by atoms with E-state index in [1.807, 2.05) is 20.8 Å². The zero-order chi connectivity index (χ0) is 13.2. The fourth-order valence-electron chi connectivity index (χ4n) is 2.66. The van der Waals surface area contributed by atoms with Gasteiger partial charge >= 0.3 is 0 Å². The number of rotatable bonds is 4. The summed E-state index contributed by atoms with van der Waals surface area (Å²) in [4.78, 5) is 19.3. The summed E-state index contributed by atoms with van der Waals surface area (Å²) in [7, 11) is 0. The number of aromatic nitrogens is 2. The smallest absolute Gasteiger partial charge is 0.251 e. The molecule has 0 aliphatic heterocycles. The summed E-state index contributed by atoms with van der Waals surface area (Å²) in [5, 5.41) is 0. The molecule has 0 radical (unpaired) electrons. The molecule has 4 nitrogen and oxygen atoms in total. The first kappa shape index (κ1) is 13.3. The van der Waals surface area contributed by atoms with E-state index in [-0.39, 0.29) is 17.1 Å². The van der Waals surface area contributed by atoms with E-state index in [0.717, 1.165) is 37.2 Å². The lowest BCUT2D eigenvalue weighted by molar-refractivity contribution is -0.0460. The van der Waals surface area contributed by atoms with Crippen LogP contribution in [0.3, 0.4) is 0 Å². The number of aromatic amines is 1. The molecule has 1 heterocycles. The minimum absolute atomic E-state index is 0.0744. The van der Waals surface area contributed by atoms with Gasteiger partial charge in [0.25, 0.3) is 5.56 Å². The molecule has 1 aliphatic carbocycles. The summed E-state index contributed by atoms with van der Waals surface area (Å²) < 4.78 is 5.93. The Hall–Kier alpha value is -1.16. The van der Waals surface area contributed by atoms with Crippen LogP contribution >= 0.6 is 0 Å². The predicted octanol–water partition coefficient (Wildman–Crippen LogP) is 2.70. The third-order valence-electron chi connectivity index (χ3n) is 3.62. The van der Waals surface area contributed by atoms with Crippen LogP contribution in [0.5, 0.6) is 0 Å². The van der Waals surface area contributed by atoms with Gasteiger partial charge in [0.05, 0.1) is 5.69 Å². The zero-order valence-electron chi connectivity index (χ0n) is 11.5. The van der Waals surface area contributed by atoms with Crippen LogP contribution in [0.1, 0.15) is 63.9 Å². The summed E-state index contributed by atoms with van der Waals surface area (Å²) >= 11 is 0. The first-order valence-corrected chi connectivity index (χ1v) is 6.83. The van der Waals surface area contributed by atoms with Gasteiger partial charge in [-0.15, -0.1) is 0 Å². The average Bonchev–Trinajstić information content (AvgIpc) is 2.78. The van der Waals surface area contributed by atoms with Crippen LogP contribution in [0.25, 0.3) is 0 Å². The summed E-state index contributed by atoms with van der Waals surface area (Å²) in [6.07, 6.45) is 4.17. The molecular weight excluding hydrogens is 228 g/mol. The summed E-state index contributed by atoms with van der Waals surface area (Å²) in [5.74, 6) is 0.976. The Bertz CT molecular complexity index is 459. The van der Waals surface area contributed by atoms with Crippen LogP contribution in [0.2, 0.25) is 0 Å². The van der Waals surface area contributed by atoms with Crippen LogP contribution in [0.4, 0.5) is 0 Å². The molecule has 0 unspecified atom stereocenters. The molecule has 1 saturated carbocycles. The van der Waals surface area contributed by atoms with Crippen molar-refractivity contribution in [2.45, 2.75) is 58.0 Å². The maximum atomic E-state index is 11.8. The Morgan fingerprint density at radius 1 is 1.44 bits per heavy atom. The molecule has 1 N–H and O–H groups in total. The van der Waals surface area contributed by atoms with Gasteiger partial charge in [-0.3, -0.25) is 4.79 Å². The monoisotopic (exact) mass is 250 g/mol. The first-order chi connectivity index (χ1) is 8.57. The second-order valence-corrected chi connectivity index (χ2v) is 5.31. The summed E-state index contributed by atoms with van der Waals surface area (Å²) in [6, 6.07) is 1.59. The van der Waals surface area contributed by atoms with E-state index < -0.39 is 0 Å². The Morgan fingerprint density at radius 3 is 2.67 bits per heavy atom. The van der Waals surface area contributed by atoms with Gasteiger partial charge in [0.1, 0.15) is 11.4 Å². The van der Waals surface area contributed by atoms with Gasteiger partial charge in [-0.05, 0) is 38.5 Å². The van der Waals surface area contributed by atoms with Crippen molar-refractivity contribution in [2.24, 2.45) is 0 Å². The van der Waals surface area contributed by atoms with Crippen molar-refractivity contribution in [1.29, 1.82) is 0 Å². The van der Waals surface area contributed by atoms with Crippen LogP contribution in [0, 0.1) is 0 Å². The van der Waals surface area contributed by atoms with Gasteiger partial charge < -0.3 is 9.72 Å². The lowest BCUT2D eigenvalue weighted by Crippen LogP contribution is -2.32. The number of nitrogens with one attached hydrogen (secondary N) is 1. The summed E-state index contributed by atoms with van der Waals surface area (Å²) in [6.45, 7) is 6.74. The molecule has 2 rings (SSSR count). The van der Waals surface area contributed by atoms with Crippen LogP contribution in [-0.4, -0.2) is 16.6 Å². The SMILES string of the molecule is CCOC1(c2nc(C(C)C)cc(=O)[nH]2)CCCC1. The minimum atomic E-state index is -0.362. The number of hydrogen-bond acceptors (Lipinski definition) is 3. The van der Waals surface area contributed by atoms with E-state index in [0.29, 0.717) is 6.61 Å². The topological polar surface area (TPSA) is 55.0 Å². The van der Waals surface area contributed by atoms with Crippen LogP contribution in [-0.2, 0) is 10.3 Å². The molecule has 18 heavy (non-hydrogen) atoms. The maximum absolute atomic E-state index is 11.8. The molecular formula is C14H22N2O2. The molecule has 1 aromatic heterocycles. The minimum Gasteiger partial charge on any atom is -0.367 e. The van der Waals surface area contributed by atoms with Gasteiger partial charge in [0.2, 0.25) is 0 Å². The second kappa shape index (κ2) is 5.22. The van der Waals surface area contributed by atoms with Gasteiger partial charge in [-0.1, -0.05) is 13.8 Å². The highest BCUT2D eigenvalue weighted by molar-refractivity contribution is 5.13. The number of hydrogen-bond donors (Lipinski definition) is 1. The lowest BCUT2D eigenvalue weighted by Gasteiger charge is -2.28. The largest absolute Gasteiger partial charge is 0.367 e. The highest BCUT2D eigenvalue weighted by Crippen LogP contribution is 2.40. The molecule has 100 valence electrons. The Morgan fingerprint density at radius 2 is 2.11 bits per heavy atom. The number of ether oxygens (including phenoxy) is 1. The van der Waals surface area contributed by atoms with E-state index in [9.17, 15) is 4.79 Å². The van der Waals surface area contributed by atoms with Crippen molar-refractivity contribution < 1.29 is 4.74 Å². The van der Waals surface area contributed by atoms with E-state index in [1.165, 1.54) is 0 Å². The molecule has 1 aliphatic rings. The molecule has 4 heteroatoms. The average molecular weight is 250 g/mol. The fourth-order valence-corrected chi connectivity index (χ4v) is 2.66. The van der Waals surface area contributed by atoms with Crippen molar-refractivity contribution in [3.63, 3.8) is 0 Å². The number of nitrogens with zero attached hydrogens (tertiary/aromatic N) is 1. The summed E-state index contributed by atoms with van der Waals surface area (Å²) in [5.41, 5.74) is 0.410. The van der Waals surface area contributed by atoms with Crippen molar-refractivity contribution in [2.75, 3.05) is 6.61 Å². The Labute approximate surface area is 108 Å². The van der Waals surface area contributed by atoms with E-state index in [1.54, 1.807) is 6.07 Å². The molecule has 0 bridgehead atoms. The predicted molar refractivity (Wildman–Crippen MR) is 70.7 cm³/mol. The van der Waals surface area contributed by atoms with Gasteiger partial charge in [-0.25, -0.2) is 4.98 Å². The van der Waals surface area contributed by atoms with Gasteiger partial charge in [-0.2, -0.15) is 0 Å². The highest BCUT2D eigenvalue weighted by atomic mass is 16.5. The molecule has 1 aromatic rings. The van der Waals surface area contributed by atoms with E-state index in [4.69, 9.17) is 4.74 Å². The quantitative estimate of drug-likeness (QED) is 0.894. The Balaban J connectivity index is 2.44. The molecule has 0 aromatic carbocycles. The van der Waals surface area contributed by atoms with E-state index in [2.05, 4.69) is 9.97 Å². The zero-order valence-corrected chi connectivity index (χ0v) is 11.5. The molecule has 0 amide bonds. The van der Waals surface area contributed by atoms with Crippen molar-refractivity contribution in [3.8, 4) is 0 Å². The molecule has 0 saturated heterocycles. The fraction of sp³-hybridized carbons (Fsp3) is 0.714. The van der Waals surface area contributed by atoms with Crippen molar-refractivity contribution in [1.82, 2.24) is 9.97 Å². The van der Waals surface area contributed by atoms with Gasteiger partial charge in [0.15, 0.2) is 0 Å². The Kier molecular flexibility index (Phi) is 3.85. The molecule has 0 spiro atoms. The van der Waals surface area contributed by atoms with Crippen molar-refractivity contribution >= 4 is 0 Å². The van der Waals surface area contributed by atoms with Crippen LogP contribution < -0.4 is 5.56 Å². The normalized spacial score (nSPS) is 18.4. The van der Waals surface area contributed by atoms with Crippen molar-refractivity contribution in [3.05, 3.63) is 27.9 Å². The molecule has 1 fully saturated rings.